The Bertz CT molecular complexity index is 778. The van der Waals surface area contributed by atoms with Gasteiger partial charge in [0.15, 0.2) is 14.5 Å². The zero-order chi connectivity index (χ0) is 20.9. The molecule has 0 amide bonds. The van der Waals surface area contributed by atoms with E-state index in [9.17, 15) is 4.79 Å². The second-order valence-corrected chi connectivity index (χ2v) is 14.0. The number of nitrogen functional groups attached to an aromatic ring is 1. The van der Waals surface area contributed by atoms with Crippen molar-refractivity contribution < 1.29 is 18.6 Å². The second kappa shape index (κ2) is 7.21. The molecule has 0 radical (unpaired) electrons. The predicted octanol–water partition coefficient (Wildman–Crippen LogP) is 2.31. The van der Waals surface area contributed by atoms with Crippen LogP contribution >= 0.6 is 0 Å². The highest BCUT2D eigenvalue weighted by atomic mass is 28.4. The summed E-state index contributed by atoms with van der Waals surface area (Å²) in [6, 6.07) is 1.59. The minimum Gasteiger partial charge on any atom is -0.408 e. The maximum Gasteiger partial charge on any atom is 0.351 e. The lowest BCUT2D eigenvalue weighted by molar-refractivity contribution is -0.223. The molecule has 8 nitrogen and oxygen atoms in total. The molecule has 3 heterocycles. The van der Waals surface area contributed by atoms with Gasteiger partial charge in [-0.15, -0.1) is 0 Å². The molecule has 5 atom stereocenters. The van der Waals surface area contributed by atoms with E-state index < -0.39 is 31.9 Å². The molecule has 0 aromatic carbocycles. The first-order chi connectivity index (χ1) is 13.0. The summed E-state index contributed by atoms with van der Waals surface area (Å²) in [5.74, 6) is 0.182. The average Bonchev–Trinajstić information content (AvgIpc) is 3.03. The molecule has 2 fully saturated rings. The van der Waals surface area contributed by atoms with Gasteiger partial charge in [-0.3, -0.25) is 4.57 Å². The minimum atomic E-state index is -2.11. The van der Waals surface area contributed by atoms with E-state index in [0.717, 1.165) is 0 Å². The van der Waals surface area contributed by atoms with Crippen LogP contribution in [0.15, 0.2) is 17.1 Å². The van der Waals surface area contributed by atoms with Crippen LogP contribution in [0.1, 0.15) is 40.3 Å². The third-order valence-electron chi connectivity index (χ3n) is 6.49. The third-order valence-corrected chi connectivity index (χ3v) is 10.9. The Morgan fingerprint density at radius 3 is 2.61 bits per heavy atom. The smallest absolute Gasteiger partial charge is 0.351 e. The van der Waals surface area contributed by atoms with Crippen molar-refractivity contribution in [2.75, 3.05) is 19.5 Å². The first-order valence-corrected chi connectivity index (χ1v) is 12.7. The van der Waals surface area contributed by atoms with E-state index >= 15 is 0 Å². The molecule has 2 aliphatic rings. The van der Waals surface area contributed by atoms with Gasteiger partial charge in [-0.2, -0.15) is 4.98 Å². The number of aromatic nitrogens is 2. The lowest BCUT2D eigenvalue weighted by Crippen LogP contribution is -2.54. The summed E-state index contributed by atoms with van der Waals surface area (Å²) >= 11 is 0. The van der Waals surface area contributed by atoms with Gasteiger partial charge in [0.25, 0.3) is 0 Å². The van der Waals surface area contributed by atoms with Crippen LogP contribution in [0.5, 0.6) is 0 Å². The van der Waals surface area contributed by atoms with E-state index in [1.54, 1.807) is 19.4 Å². The maximum absolute atomic E-state index is 12.4. The molecule has 0 aliphatic carbocycles. The van der Waals surface area contributed by atoms with Gasteiger partial charge in [0, 0.05) is 13.3 Å². The molecule has 2 aliphatic heterocycles. The topological polar surface area (TPSA) is 97.8 Å². The molecular weight excluding hydrogens is 378 g/mol. The van der Waals surface area contributed by atoms with Gasteiger partial charge < -0.3 is 24.4 Å². The Morgan fingerprint density at radius 1 is 1.39 bits per heavy atom. The summed E-state index contributed by atoms with van der Waals surface area (Å²) in [6.07, 6.45) is 0.729. The van der Waals surface area contributed by atoms with Crippen LogP contribution in [-0.4, -0.2) is 55.5 Å². The molecule has 1 aromatic heterocycles. The monoisotopic (exact) mass is 411 g/mol. The highest BCUT2D eigenvalue weighted by molar-refractivity contribution is 6.74. The molecule has 1 aromatic rings. The molecule has 3 rings (SSSR count). The molecular formula is C19H33N3O5Si. The van der Waals surface area contributed by atoms with Crippen molar-refractivity contribution in [3.05, 3.63) is 22.7 Å². The number of hydrogen-bond acceptors (Lipinski definition) is 7. The van der Waals surface area contributed by atoms with E-state index in [1.165, 1.54) is 4.57 Å². The summed E-state index contributed by atoms with van der Waals surface area (Å²) in [7, 11) is -0.459. The molecule has 2 saturated heterocycles. The summed E-state index contributed by atoms with van der Waals surface area (Å²) in [4.78, 5) is 16.3. The number of hydrogen-bond donors (Lipinski definition) is 1. The van der Waals surface area contributed by atoms with Crippen molar-refractivity contribution in [2.24, 2.45) is 0 Å². The van der Waals surface area contributed by atoms with Crippen LogP contribution in [0, 0.1) is 0 Å². The van der Waals surface area contributed by atoms with Crippen molar-refractivity contribution in [2.45, 2.75) is 82.4 Å². The molecule has 0 unspecified atom stereocenters. The Balaban J connectivity index is 2.01. The second-order valence-electron chi connectivity index (χ2n) is 9.20. The number of methoxy groups -OCH3 is 1. The number of anilines is 1. The first kappa shape index (κ1) is 21.4. The quantitative estimate of drug-likeness (QED) is 0.717. The van der Waals surface area contributed by atoms with Crippen LogP contribution in [0.4, 0.5) is 5.82 Å². The normalized spacial score (nSPS) is 32.8. The Kier molecular flexibility index (Phi) is 5.52. The number of ether oxygens (including phenoxy) is 3. The van der Waals surface area contributed by atoms with Gasteiger partial charge in [0.2, 0.25) is 0 Å². The molecule has 0 spiro atoms. The van der Waals surface area contributed by atoms with Crippen molar-refractivity contribution in [3.8, 4) is 0 Å². The van der Waals surface area contributed by atoms with Crippen LogP contribution in [-0.2, 0) is 18.6 Å². The van der Waals surface area contributed by atoms with Gasteiger partial charge in [0.1, 0.15) is 29.7 Å². The Hall–Kier alpha value is -1.26. The van der Waals surface area contributed by atoms with Crippen LogP contribution in [0.2, 0.25) is 18.1 Å². The fourth-order valence-electron chi connectivity index (χ4n) is 3.83. The van der Waals surface area contributed by atoms with Crippen molar-refractivity contribution in [1.29, 1.82) is 0 Å². The van der Waals surface area contributed by atoms with Gasteiger partial charge in [0.05, 0.1) is 6.61 Å². The van der Waals surface area contributed by atoms with Crippen molar-refractivity contribution >= 4 is 14.1 Å². The van der Waals surface area contributed by atoms with Crippen LogP contribution in [0.3, 0.4) is 0 Å². The highest BCUT2D eigenvalue weighted by Gasteiger charge is 2.68. The number of nitrogens with zero attached hydrogens (tertiary/aromatic N) is 2. The van der Waals surface area contributed by atoms with Gasteiger partial charge >= 0.3 is 5.69 Å². The van der Waals surface area contributed by atoms with Crippen molar-refractivity contribution in [3.63, 3.8) is 0 Å². The number of fused-ring (bicyclic) bond motifs is 2. The molecule has 158 valence electrons. The molecule has 2 N–H and O–H groups in total. The lowest BCUT2D eigenvalue weighted by atomic mass is 9.90. The number of rotatable bonds is 6. The molecule has 2 bridgehead atoms. The van der Waals surface area contributed by atoms with E-state index in [0.29, 0.717) is 13.0 Å². The zero-order valence-corrected chi connectivity index (χ0v) is 18.9. The molecule has 0 saturated carbocycles. The Morgan fingerprint density at radius 2 is 2.07 bits per heavy atom. The minimum absolute atomic E-state index is 0.0375. The Labute approximate surface area is 167 Å². The van der Waals surface area contributed by atoms with Gasteiger partial charge in [-0.1, -0.05) is 27.7 Å². The van der Waals surface area contributed by atoms with E-state index in [-0.39, 0.29) is 23.1 Å². The standard InChI is InChI=1S/C19H33N3O5Si/c1-8-19-12(11-24-5)25-14(15(19)27-28(6,7)18(2,3)4)16(26-19)22-10-9-13(20)21-17(22)23/h9-10,12,14-16H,8,11H2,1-7H3,(H2,20,21,23)/t12-,14+,15-,16+,19-/m0/s1. The summed E-state index contributed by atoms with van der Waals surface area (Å²) < 4.78 is 26.5. The maximum atomic E-state index is 12.4. The summed E-state index contributed by atoms with van der Waals surface area (Å²) in [6.45, 7) is 13.5. The van der Waals surface area contributed by atoms with Gasteiger partial charge in [-0.05, 0) is 30.6 Å². The summed E-state index contributed by atoms with van der Waals surface area (Å²) in [5.41, 5.74) is 4.51. The first-order valence-electron chi connectivity index (χ1n) is 9.81. The van der Waals surface area contributed by atoms with Crippen LogP contribution < -0.4 is 11.4 Å². The molecule has 28 heavy (non-hydrogen) atoms. The highest BCUT2D eigenvalue weighted by Crippen LogP contribution is 2.53. The SMILES string of the molecule is CC[C@]12O[C@@H](n3ccc(N)nc3=O)[C@H](O[C@H]1COC)[C@@H]2O[Si](C)(C)C(C)(C)C. The largest absolute Gasteiger partial charge is 0.408 e. The third kappa shape index (κ3) is 3.33. The average molecular weight is 412 g/mol. The van der Waals surface area contributed by atoms with Gasteiger partial charge in [-0.25, -0.2) is 4.79 Å². The lowest BCUT2D eigenvalue weighted by Gasteiger charge is -2.42. The fourth-order valence-corrected chi connectivity index (χ4v) is 5.15. The van der Waals surface area contributed by atoms with Crippen molar-refractivity contribution in [1.82, 2.24) is 9.55 Å². The fraction of sp³-hybridized carbons (Fsp3) is 0.789. The van der Waals surface area contributed by atoms with E-state index in [1.807, 2.05) is 0 Å². The van der Waals surface area contributed by atoms with Crippen LogP contribution in [0.25, 0.3) is 0 Å². The number of nitrogens with two attached hydrogens (primary N) is 1. The predicted molar refractivity (Wildman–Crippen MR) is 109 cm³/mol. The van der Waals surface area contributed by atoms with E-state index in [4.69, 9.17) is 24.4 Å². The summed E-state index contributed by atoms with van der Waals surface area (Å²) in [5, 5.41) is 0.0375. The zero-order valence-electron chi connectivity index (χ0n) is 17.9. The molecule has 9 heteroatoms. The van der Waals surface area contributed by atoms with E-state index in [2.05, 4.69) is 45.8 Å².